The molecule has 0 fully saturated rings. The fraction of sp³-hybridized carbons (Fsp3) is 0.211. The first-order chi connectivity index (χ1) is 12.0. The van der Waals surface area contributed by atoms with Crippen molar-refractivity contribution < 1.29 is 9.84 Å². The van der Waals surface area contributed by atoms with E-state index >= 15 is 0 Å². The summed E-state index contributed by atoms with van der Waals surface area (Å²) in [5, 5.41) is 11.7. The monoisotopic (exact) mass is 355 g/mol. The number of hydrogen-bond donors (Lipinski definition) is 1. The number of aromatic nitrogens is 3. The van der Waals surface area contributed by atoms with Crippen molar-refractivity contribution >= 4 is 11.6 Å². The molecule has 5 nitrogen and oxygen atoms in total. The molecule has 128 valence electrons. The van der Waals surface area contributed by atoms with Crippen LogP contribution in [0.3, 0.4) is 0 Å². The quantitative estimate of drug-likeness (QED) is 0.708. The second-order valence-corrected chi connectivity index (χ2v) is 6.22. The third-order valence-electron chi connectivity index (χ3n) is 3.76. The maximum absolute atomic E-state index is 11.6. The number of rotatable bonds is 5. The number of benzene rings is 1. The van der Waals surface area contributed by atoms with Crippen LogP contribution in [0.25, 0.3) is 0 Å². The van der Waals surface area contributed by atoms with Crippen LogP contribution >= 0.6 is 11.6 Å². The van der Waals surface area contributed by atoms with Crippen LogP contribution in [-0.4, -0.2) is 26.2 Å². The van der Waals surface area contributed by atoms with E-state index in [1.807, 2.05) is 38.1 Å². The maximum atomic E-state index is 11.6. The molecular weight excluding hydrogens is 338 g/mol. The molecule has 3 aromatic rings. The summed E-state index contributed by atoms with van der Waals surface area (Å²) >= 11 is 5.79. The van der Waals surface area contributed by atoms with Gasteiger partial charge in [0, 0.05) is 35.9 Å². The standard InChI is InChI=1S/C19H18ClN3O2/c1-13(2)25-17-7-5-14(6-8-17)19(24,15-4-3-9-21-10-15)16-11-22-18(20)23-12-16/h3-13,24H,1-2H3. The fourth-order valence-electron chi connectivity index (χ4n) is 2.62. The summed E-state index contributed by atoms with van der Waals surface area (Å²) in [6, 6.07) is 10.9. The van der Waals surface area contributed by atoms with Crippen LogP contribution in [0, 0.1) is 0 Å². The Morgan fingerprint density at radius 3 is 2.20 bits per heavy atom. The summed E-state index contributed by atoms with van der Waals surface area (Å²) in [7, 11) is 0. The van der Waals surface area contributed by atoms with Gasteiger partial charge in [0.25, 0.3) is 0 Å². The van der Waals surface area contributed by atoms with Gasteiger partial charge in [-0.05, 0) is 49.2 Å². The highest BCUT2D eigenvalue weighted by Gasteiger charge is 2.35. The number of pyridine rings is 1. The first-order valence-corrected chi connectivity index (χ1v) is 8.26. The van der Waals surface area contributed by atoms with Crippen molar-refractivity contribution in [1.29, 1.82) is 0 Å². The molecule has 0 aliphatic rings. The SMILES string of the molecule is CC(C)Oc1ccc(C(O)(c2cccnc2)c2cnc(Cl)nc2)cc1. The molecule has 2 aromatic heterocycles. The van der Waals surface area contributed by atoms with Crippen LogP contribution in [0.5, 0.6) is 5.75 Å². The average Bonchev–Trinajstić information content (AvgIpc) is 2.62. The molecule has 0 amide bonds. The van der Waals surface area contributed by atoms with Crippen molar-refractivity contribution in [3.8, 4) is 5.75 Å². The van der Waals surface area contributed by atoms with Crippen molar-refractivity contribution in [2.45, 2.75) is 25.6 Å². The molecule has 1 unspecified atom stereocenters. The third kappa shape index (κ3) is 3.62. The van der Waals surface area contributed by atoms with Crippen LogP contribution in [-0.2, 0) is 5.60 Å². The van der Waals surface area contributed by atoms with Gasteiger partial charge in [0.2, 0.25) is 5.28 Å². The zero-order chi connectivity index (χ0) is 17.9. The Labute approximate surface area is 151 Å². The van der Waals surface area contributed by atoms with E-state index in [1.54, 1.807) is 24.5 Å². The molecule has 0 aliphatic carbocycles. The topological polar surface area (TPSA) is 68.1 Å². The number of halogens is 1. The molecule has 0 spiro atoms. The van der Waals surface area contributed by atoms with E-state index in [0.717, 1.165) is 5.75 Å². The van der Waals surface area contributed by atoms with Gasteiger partial charge in [-0.25, -0.2) is 9.97 Å². The molecule has 1 atom stereocenters. The first-order valence-electron chi connectivity index (χ1n) is 7.88. The number of ether oxygens (including phenoxy) is 1. The zero-order valence-electron chi connectivity index (χ0n) is 13.9. The average molecular weight is 356 g/mol. The molecule has 0 bridgehead atoms. The lowest BCUT2D eigenvalue weighted by Crippen LogP contribution is -2.29. The Morgan fingerprint density at radius 1 is 0.960 bits per heavy atom. The zero-order valence-corrected chi connectivity index (χ0v) is 14.7. The van der Waals surface area contributed by atoms with Gasteiger partial charge in [0.1, 0.15) is 11.4 Å². The van der Waals surface area contributed by atoms with Crippen LogP contribution < -0.4 is 4.74 Å². The smallest absolute Gasteiger partial charge is 0.222 e. The highest BCUT2D eigenvalue weighted by Crippen LogP contribution is 2.36. The summed E-state index contributed by atoms with van der Waals surface area (Å²) in [4.78, 5) is 12.1. The van der Waals surface area contributed by atoms with Gasteiger partial charge in [-0.1, -0.05) is 18.2 Å². The minimum absolute atomic E-state index is 0.0766. The lowest BCUT2D eigenvalue weighted by Gasteiger charge is -2.29. The van der Waals surface area contributed by atoms with Crippen molar-refractivity contribution in [3.63, 3.8) is 0 Å². The number of hydrogen-bond acceptors (Lipinski definition) is 5. The van der Waals surface area contributed by atoms with Gasteiger partial charge >= 0.3 is 0 Å². The molecule has 6 heteroatoms. The number of nitrogens with zero attached hydrogens (tertiary/aromatic N) is 3. The molecule has 1 N–H and O–H groups in total. The Morgan fingerprint density at radius 2 is 1.64 bits per heavy atom. The van der Waals surface area contributed by atoms with Crippen LogP contribution in [0.1, 0.15) is 30.5 Å². The molecule has 3 rings (SSSR count). The summed E-state index contributed by atoms with van der Waals surface area (Å²) in [6.45, 7) is 3.93. The predicted octanol–water partition coefficient (Wildman–Crippen LogP) is 3.60. The van der Waals surface area contributed by atoms with Gasteiger partial charge in [-0.3, -0.25) is 4.98 Å². The molecule has 0 aliphatic heterocycles. The lowest BCUT2D eigenvalue weighted by molar-refractivity contribution is 0.124. The molecular formula is C19H18ClN3O2. The first kappa shape index (κ1) is 17.3. The molecule has 2 heterocycles. The van der Waals surface area contributed by atoms with E-state index < -0.39 is 5.60 Å². The second-order valence-electron chi connectivity index (χ2n) is 5.88. The minimum atomic E-state index is -1.45. The van der Waals surface area contributed by atoms with E-state index in [9.17, 15) is 5.11 Å². The van der Waals surface area contributed by atoms with E-state index in [0.29, 0.717) is 16.7 Å². The third-order valence-corrected chi connectivity index (χ3v) is 3.96. The normalized spacial score (nSPS) is 13.5. The van der Waals surface area contributed by atoms with Crippen LogP contribution in [0.4, 0.5) is 0 Å². The Kier molecular flexibility index (Phi) is 4.97. The van der Waals surface area contributed by atoms with E-state index in [2.05, 4.69) is 15.0 Å². The molecule has 1 aromatic carbocycles. The van der Waals surface area contributed by atoms with Crippen molar-refractivity contribution in [2.24, 2.45) is 0 Å². The van der Waals surface area contributed by atoms with Crippen LogP contribution in [0.15, 0.2) is 61.2 Å². The summed E-state index contributed by atoms with van der Waals surface area (Å²) in [5.74, 6) is 0.736. The Balaban J connectivity index is 2.10. The van der Waals surface area contributed by atoms with Gasteiger partial charge in [0.05, 0.1) is 6.10 Å². The molecule has 0 saturated heterocycles. The highest BCUT2D eigenvalue weighted by atomic mass is 35.5. The van der Waals surface area contributed by atoms with Gasteiger partial charge in [-0.15, -0.1) is 0 Å². The van der Waals surface area contributed by atoms with Crippen molar-refractivity contribution in [1.82, 2.24) is 15.0 Å². The van der Waals surface area contributed by atoms with Gasteiger partial charge < -0.3 is 9.84 Å². The fourth-order valence-corrected chi connectivity index (χ4v) is 2.72. The maximum Gasteiger partial charge on any atom is 0.222 e. The largest absolute Gasteiger partial charge is 0.491 e. The summed E-state index contributed by atoms with van der Waals surface area (Å²) < 4.78 is 5.67. The Bertz CT molecular complexity index is 824. The van der Waals surface area contributed by atoms with Crippen molar-refractivity contribution in [2.75, 3.05) is 0 Å². The summed E-state index contributed by atoms with van der Waals surface area (Å²) in [6.07, 6.45) is 6.38. The lowest BCUT2D eigenvalue weighted by atomic mass is 9.82. The molecule has 0 saturated carbocycles. The Hall–Kier alpha value is -2.50. The van der Waals surface area contributed by atoms with Crippen molar-refractivity contribution in [3.05, 3.63) is 83.2 Å². The van der Waals surface area contributed by atoms with Gasteiger partial charge in [0.15, 0.2) is 0 Å². The molecule has 25 heavy (non-hydrogen) atoms. The van der Waals surface area contributed by atoms with Gasteiger partial charge in [-0.2, -0.15) is 0 Å². The van der Waals surface area contributed by atoms with E-state index in [4.69, 9.17) is 16.3 Å². The minimum Gasteiger partial charge on any atom is -0.491 e. The van der Waals surface area contributed by atoms with Crippen LogP contribution in [0.2, 0.25) is 5.28 Å². The van der Waals surface area contributed by atoms with E-state index in [1.165, 1.54) is 12.4 Å². The number of aliphatic hydroxyl groups is 1. The summed E-state index contributed by atoms with van der Waals surface area (Å²) in [5.41, 5.74) is 0.318. The highest BCUT2D eigenvalue weighted by molar-refractivity contribution is 6.28. The second kappa shape index (κ2) is 7.17. The molecule has 0 radical (unpaired) electrons. The predicted molar refractivity (Wildman–Crippen MR) is 95.6 cm³/mol. The van der Waals surface area contributed by atoms with E-state index in [-0.39, 0.29) is 11.4 Å².